The zero-order valence-corrected chi connectivity index (χ0v) is 29.9. The molecule has 13 nitrogen and oxygen atoms in total. The molecule has 5 heterocycles. The van der Waals surface area contributed by atoms with Gasteiger partial charge in [-0.25, -0.2) is 15.0 Å². The molecule has 1 aromatic carbocycles. The van der Waals surface area contributed by atoms with E-state index in [2.05, 4.69) is 57.0 Å². The van der Waals surface area contributed by atoms with Crippen LogP contribution >= 0.6 is 0 Å². The number of aromatic nitrogens is 4. The Labute approximate surface area is 292 Å². The lowest BCUT2D eigenvalue weighted by atomic mass is 10.0. The molecule has 0 saturated carbocycles. The van der Waals surface area contributed by atoms with Crippen LogP contribution in [0.1, 0.15) is 16.9 Å². The molecular formula is C36H44N8O5Si. The fourth-order valence-electron chi connectivity index (χ4n) is 6.30. The number of nitrogens with two attached hydrogens (primary N) is 1. The van der Waals surface area contributed by atoms with Crippen molar-refractivity contribution >= 4 is 48.3 Å². The van der Waals surface area contributed by atoms with E-state index >= 15 is 0 Å². The van der Waals surface area contributed by atoms with Crippen LogP contribution < -0.4 is 16.0 Å². The summed E-state index contributed by atoms with van der Waals surface area (Å²) in [6, 6.07) is 12.6. The Kier molecular flexibility index (Phi) is 10.4. The summed E-state index contributed by atoms with van der Waals surface area (Å²) < 4.78 is 13.9. The van der Waals surface area contributed by atoms with Crippen LogP contribution in [0.5, 0.6) is 0 Å². The number of primary amides is 1. The number of rotatable bonds is 12. The number of ether oxygens (including phenoxy) is 2. The van der Waals surface area contributed by atoms with Gasteiger partial charge in [0, 0.05) is 46.4 Å². The van der Waals surface area contributed by atoms with Crippen LogP contribution in [0.4, 0.5) is 11.5 Å². The Balaban J connectivity index is 1.30. The highest BCUT2D eigenvalue weighted by atomic mass is 28.3. The van der Waals surface area contributed by atoms with Crippen LogP contribution in [0.15, 0.2) is 61.6 Å². The van der Waals surface area contributed by atoms with Gasteiger partial charge in [-0.3, -0.25) is 14.4 Å². The molecule has 3 amide bonds. The molecule has 0 aliphatic carbocycles. The van der Waals surface area contributed by atoms with Crippen molar-refractivity contribution in [1.29, 1.82) is 0 Å². The van der Waals surface area contributed by atoms with Crippen LogP contribution in [-0.2, 0) is 25.8 Å². The maximum Gasteiger partial charge on any atom is 0.267 e. The average Bonchev–Trinajstić information content (AvgIpc) is 3.76. The van der Waals surface area contributed by atoms with E-state index in [1.54, 1.807) is 17.3 Å². The molecule has 2 aliphatic heterocycles. The normalized spacial score (nSPS) is 16.5. The number of hydrogen-bond donors (Lipinski definition) is 2. The Morgan fingerprint density at radius 1 is 1.06 bits per heavy atom. The van der Waals surface area contributed by atoms with Crippen molar-refractivity contribution in [3.63, 3.8) is 0 Å². The van der Waals surface area contributed by atoms with Gasteiger partial charge in [0.15, 0.2) is 0 Å². The monoisotopic (exact) mass is 696 g/mol. The molecule has 3 N–H and O–H groups in total. The standard InChI is InChI=1S/C36H44N8O5Si/c1-5-31(45)43-11-10-26(21-43)36(47)41-27-18-28(32(33(37)46)38-20-27)24-6-8-25(9-7-24)30-19-29-34(42-12-14-48-15-13-42)39-22-40-35(29)44(30)23-49-16-17-50(2,3)4/h5-9,18-20,22,26H,1,10-17,21,23H2,2-4H3,(H2,37,46)(H,41,47). The van der Waals surface area contributed by atoms with Crippen molar-refractivity contribution in [2.45, 2.75) is 38.8 Å². The molecule has 14 heteroatoms. The first-order chi connectivity index (χ1) is 24.0. The van der Waals surface area contributed by atoms with Crippen molar-refractivity contribution in [3.05, 3.63) is 67.3 Å². The summed E-state index contributed by atoms with van der Waals surface area (Å²) >= 11 is 0. The summed E-state index contributed by atoms with van der Waals surface area (Å²) in [4.78, 5) is 55.0. The van der Waals surface area contributed by atoms with E-state index in [4.69, 9.17) is 20.2 Å². The van der Waals surface area contributed by atoms with Gasteiger partial charge in [0.1, 0.15) is 30.2 Å². The summed E-state index contributed by atoms with van der Waals surface area (Å²) in [5, 5.41) is 3.84. The molecule has 4 aromatic rings. The lowest BCUT2D eigenvalue weighted by Gasteiger charge is -2.28. The molecule has 50 heavy (non-hydrogen) atoms. The third kappa shape index (κ3) is 7.77. The van der Waals surface area contributed by atoms with E-state index < -0.39 is 14.0 Å². The molecule has 6 rings (SSSR count). The zero-order chi connectivity index (χ0) is 35.4. The number of hydrogen-bond acceptors (Lipinski definition) is 9. The lowest BCUT2D eigenvalue weighted by Crippen LogP contribution is -2.36. The van der Waals surface area contributed by atoms with Crippen LogP contribution in [0.25, 0.3) is 33.4 Å². The average molecular weight is 697 g/mol. The highest BCUT2D eigenvalue weighted by molar-refractivity contribution is 6.76. The number of fused-ring (bicyclic) bond motifs is 1. The number of amides is 3. The summed E-state index contributed by atoms with van der Waals surface area (Å²) in [6.07, 6.45) is 4.83. The van der Waals surface area contributed by atoms with Crippen molar-refractivity contribution in [3.8, 4) is 22.4 Å². The molecule has 262 valence electrons. The molecule has 3 aromatic heterocycles. The Morgan fingerprint density at radius 2 is 1.80 bits per heavy atom. The number of likely N-dealkylation sites (tertiary alicyclic amines) is 1. The van der Waals surface area contributed by atoms with Gasteiger partial charge in [0.25, 0.3) is 5.91 Å². The number of benzene rings is 1. The fourth-order valence-corrected chi connectivity index (χ4v) is 7.06. The van der Waals surface area contributed by atoms with Crippen LogP contribution in [0.2, 0.25) is 25.7 Å². The SMILES string of the molecule is C=CC(=O)N1CCC(C(=O)Nc2cnc(C(N)=O)c(-c3ccc(-c4cc5c(N6CCOCC6)ncnc5n4COCC[Si](C)(C)C)cc3)c2)C1. The lowest BCUT2D eigenvalue weighted by molar-refractivity contribution is -0.125. The first-order valence-electron chi connectivity index (χ1n) is 16.9. The number of nitrogens with zero attached hydrogens (tertiary/aromatic N) is 6. The molecule has 1 atom stereocenters. The number of carbonyl (C=O) groups excluding carboxylic acids is 3. The van der Waals surface area contributed by atoms with Crippen LogP contribution in [-0.4, -0.2) is 96.2 Å². The van der Waals surface area contributed by atoms with Gasteiger partial charge in [-0.05, 0) is 41.8 Å². The van der Waals surface area contributed by atoms with Gasteiger partial charge in [-0.1, -0.05) is 50.5 Å². The highest BCUT2D eigenvalue weighted by Crippen LogP contribution is 2.34. The summed E-state index contributed by atoms with van der Waals surface area (Å²) in [6.45, 7) is 15.1. The second kappa shape index (κ2) is 14.9. The predicted octanol–water partition coefficient (Wildman–Crippen LogP) is 4.38. The van der Waals surface area contributed by atoms with Gasteiger partial charge in [0.2, 0.25) is 11.8 Å². The van der Waals surface area contributed by atoms with Crippen molar-refractivity contribution < 1.29 is 23.9 Å². The van der Waals surface area contributed by atoms with E-state index in [1.807, 2.05) is 24.3 Å². The number of carbonyl (C=O) groups is 3. The zero-order valence-electron chi connectivity index (χ0n) is 28.9. The number of morpholine rings is 1. The Hall–Kier alpha value is -4.92. The van der Waals surface area contributed by atoms with Gasteiger partial charge in [0.05, 0.1) is 42.1 Å². The Bertz CT molecular complexity index is 1900. The van der Waals surface area contributed by atoms with Gasteiger partial charge < -0.3 is 34.9 Å². The quantitative estimate of drug-likeness (QED) is 0.125. The number of pyridine rings is 1. The molecule has 2 saturated heterocycles. The largest absolute Gasteiger partial charge is 0.378 e. The molecule has 2 fully saturated rings. The number of anilines is 2. The van der Waals surface area contributed by atoms with E-state index in [-0.39, 0.29) is 23.4 Å². The minimum Gasteiger partial charge on any atom is -0.378 e. The van der Waals surface area contributed by atoms with Gasteiger partial charge in [-0.15, -0.1) is 0 Å². The second-order valence-electron chi connectivity index (χ2n) is 13.9. The molecular weight excluding hydrogens is 653 g/mol. The van der Waals surface area contributed by atoms with Crippen molar-refractivity contribution in [2.24, 2.45) is 11.7 Å². The summed E-state index contributed by atoms with van der Waals surface area (Å²) in [5.74, 6) is -0.596. The van der Waals surface area contributed by atoms with E-state index in [0.717, 1.165) is 47.2 Å². The number of nitrogens with one attached hydrogen (secondary N) is 1. The molecule has 0 bridgehead atoms. The molecule has 0 radical (unpaired) electrons. The fraction of sp³-hybridized carbons (Fsp3) is 0.389. The molecule has 1 unspecified atom stereocenters. The molecule has 0 spiro atoms. The third-order valence-corrected chi connectivity index (χ3v) is 10.8. The van der Waals surface area contributed by atoms with E-state index in [9.17, 15) is 14.4 Å². The topological polar surface area (TPSA) is 158 Å². The van der Waals surface area contributed by atoms with Crippen LogP contribution in [0.3, 0.4) is 0 Å². The van der Waals surface area contributed by atoms with E-state index in [0.29, 0.717) is 62.9 Å². The maximum atomic E-state index is 13.1. The minimum atomic E-state index is -1.28. The van der Waals surface area contributed by atoms with Gasteiger partial charge in [-0.2, -0.15) is 0 Å². The first-order valence-corrected chi connectivity index (χ1v) is 20.6. The third-order valence-electron chi connectivity index (χ3n) is 9.12. The predicted molar refractivity (Wildman–Crippen MR) is 195 cm³/mol. The summed E-state index contributed by atoms with van der Waals surface area (Å²) in [7, 11) is -1.28. The van der Waals surface area contributed by atoms with Gasteiger partial charge >= 0.3 is 0 Å². The first kappa shape index (κ1) is 34.9. The van der Waals surface area contributed by atoms with Crippen molar-refractivity contribution in [1.82, 2.24) is 24.4 Å². The second-order valence-corrected chi connectivity index (χ2v) is 19.5. The summed E-state index contributed by atoms with van der Waals surface area (Å²) in [5.41, 5.74) is 10.1. The van der Waals surface area contributed by atoms with Crippen molar-refractivity contribution in [2.75, 3.05) is 56.2 Å². The highest BCUT2D eigenvalue weighted by Gasteiger charge is 2.30. The smallest absolute Gasteiger partial charge is 0.267 e. The van der Waals surface area contributed by atoms with Crippen LogP contribution in [0, 0.1) is 5.92 Å². The van der Waals surface area contributed by atoms with E-state index in [1.165, 1.54) is 12.3 Å². The maximum absolute atomic E-state index is 13.1. The minimum absolute atomic E-state index is 0.0923. The Morgan fingerprint density at radius 3 is 2.50 bits per heavy atom. The molecule has 2 aliphatic rings.